The Morgan fingerprint density at radius 1 is 1.12 bits per heavy atom. The van der Waals surface area contributed by atoms with E-state index in [4.69, 9.17) is 0 Å². The van der Waals surface area contributed by atoms with Crippen molar-refractivity contribution in [1.82, 2.24) is 20.1 Å². The molecule has 0 aliphatic carbocycles. The van der Waals surface area contributed by atoms with Crippen LogP contribution in [0.1, 0.15) is 26.5 Å². The van der Waals surface area contributed by atoms with Gasteiger partial charge in [0, 0.05) is 30.4 Å². The molecule has 13 heteroatoms. The van der Waals surface area contributed by atoms with Crippen LogP contribution in [0.3, 0.4) is 0 Å². The van der Waals surface area contributed by atoms with Crippen LogP contribution in [-0.4, -0.2) is 50.3 Å². The Morgan fingerprint density at radius 3 is 2.59 bits per heavy atom. The van der Waals surface area contributed by atoms with Crippen molar-refractivity contribution < 1.29 is 24.0 Å². The number of anilines is 1. The molecular weight excluding hydrogens is 464 g/mol. The van der Waals surface area contributed by atoms with Crippen LogP contribution in [0, 0.1) is 10.1 Å². The van der Waals surface area contributed by atoms with E-state index in [0.29, 0.717) is 22.2 Å². The Labute approximate surface area is 197 Å². The standard InChI is InChI=1S/C21H20N6O6S/c1-26-17(11-22-19(29)13-5-4-8-16(10-13)27(31)32)24-25-21(26)34-12-18(28)23-15-7-3-6-14(9-15)20(30)33-2/h3-10H,11-12H2,1-2H3,(H,22,29)(H,23,28). The number of nitro benzene ring substituents is 1. The molecule has 0 atom stereocenters. The molecule has 0 unspecified atom stereocenters. The van der Waals surface area contributed by atoms with Gasteiger partial charge in [0.25, 0.3) is 11.6 Å². The molecule has 3 aromatic rings. The van der Waals surface area contributed by atoms with Crippen molar-refractivity contribution >= 4 is 40.9 Å². The van der Waals surface area contributed by atoms with Crippen LogP contribution >= 0.6 is 11.8 Å². The summed E-state index contributed by atoms with van der Waals surface area (Å²) in [5.74, 6) is -0.832. The highest BCUT2D eigenvalue weighted by molar-refractivity contribution is 7.99. The number of hydrogen-bond donors (Lipinski definition) is 2. The van der Waals surface area contributed by atoms with Gasteiger partial charge in [0.1, 0.15) is 0 Å². The summed E-state index contributed by atoms with van der Waals surface area (Å²) in [6.07, 6.45) is 0. The Morgan fingerprint density at radius 2 is 1.85 bits per heavy atom. The average Bonchev–Trinajstić information content (AvgIpc) is 3.20. The van der Waals surface area contributed by atoms with Gasteiger partial charge in [0.15, 0.2) is 11.0 Å². The topological polar surface area (TPSA) is 158 Å². The Balaban J connectivity index is 1.54. The summed E-state index contributed by atoms with van der Waals surface area (Å²) in [6.45, 7) is 0.0398. The molecule has 0 radical (unpaired) electrons. The molecule has 0 spiro atoms. The highest BCUT2D eigenvalue weighted by atomic mass is 32.2. The van der Waals surface area contributed by atoms with Gasteiger partial charge in [-0.2, -0.15) is 0 Å². The molecule has 0 saturated heterocycles. The fourth-order valence-corrected chi connectivity index (χ4v) is 3.55. The van der Waals surface area contributed by atoms with Crippen molar-refractivity contribution in [2.45, 2.75) is 11.7 Å². The maximum Gasteiger partial charge on any atom is 0.337 e. The quantitative estimate of drug-likeness (QED) is 0.201. The van der Waals surface area contributed by atoms with E-state index in [9.17, 15) is 24.5 Å². The van der Waals surface area contributed by atoms with Crippen LogP contribution in [0.25, 0.3) is 0 Å². The molecule has 0 saturated carbocycles. The van der Waals surface area contributed by atoms with Crippen molar-refractivity contribution in [1.29, 1.82) is 0 Å². The normalized spacial score (nSPS) is 10.4. The molecule has 176 valence electrons. The van der Waals surface area contributed by atoms with Crippen LogP contribution < -0.4 is 10.6 Å². The van der Waals surface area contributed by atoms with Crippen molar-refractivity contribution in [2.24, 2.45) is 7.05 Å². The van der Waals surface area contributed by atoms with Gasteiger partial charge in [-0.15, -0.1) is 10.2 Å². The van der Waals surface area contributed by atoms with E-state index in [1.54, 1.807) is 29.8 Å². The van der Waals surface area contributed by atoms with Crippen molar-refractivity contribution in [2.75, 3.05) is 18.2 Å². The zero-order valence-corrected chi connectivity index (χ0v) is 19.0. The first-order chi connectivity index (χ1) is 16.3. The number of thioether (sulfide) groups is 1. The molecule has 34 heavy (non-hydrogen) atoms. The summed E-state index contributed by atoms with van der Waals surface area (Å²) in [6, 6.07) is 11.8. The molecule has 2 N–H and O–H groups in total. The van der Waals surface area contributed by atoms with Gasteiger partial charge in [-0.25, -0.2) is 4.79 Å². The number of nitrogens with one attached hydrogen (secondary N) is 2. The molecule has 0 bridgehead atoms. The molecule has 12 nitrogen and oxygen atoms in total. The second-order valence-electron chi connectivity index (χ2n) is 6.86. The molecule has 2 aromatic carbocycles. The summed E-state index contributed by atoms with van der Waals surface area (Å²) >= 11 is 1.14. The minimum atomic E-state index is -0.574. The zero-order chi connectivity index (χ0) is 24.7. The maximum absolute atomic E-state index is 12.3. The smallest absolute Gasteiger partial charge is 0.337 e. The number of non-ortho nitro benzene ring substituents is 1. The second kappa shape index (κ2) is 11.0. The first-order valence-electron chi connectivity index (χ1n) is 9.80. The van der Waals surface area contributed by atoms with Gasteiger partial charge in [0.05, 0.1) is 29.9 Å². The summed E-state index contributed by atoms with van der Waals surface area (Å²) in [4.78, 5) is 46.5. The van der Waals surface area contributed by atoms with Crippen LogP contribution in [0.15, 0.2) is 53.7 Å². The molecule has 1 aromatic heterocycles. The van der Waals surface area contributed by atoms with Gasteiger partial charge >= 0.3 is 5.97 Å². The van der Waals surface area contributed by atoms with E-state index in [1.165, 1.54) is 37.4 Å². The van der Waals surface area contributed by atoms with Crippen LogP contribution in [-0.2, 0) is 23.1 Å². The number of nitro groups is 1. The highest BCUT2D eigenvalue weighted by Gasteiger charge is 2.15. The van der Waals surface area contributed by atoms with Gasteiger partial charge in [0.2, 0.25) is 5.91 Å². The first kappa shape index (κ1) is 24.4. The Bertz CT molecular complexity index is 1240. The fraction of sp³-hybridized carbons (Fsp3) is 0.190. The maximum atomic E-state index is 12.3. The SMILES string of the molecule is COC(=O)c1cccc(NC(=O)CSc2nnc(CNC(=O)c3cccc([N+](=O)[O-])c3)n2C)c1. The third-order valence-corrected chi connectivity index (χ3v) is 5.57. The fourth-order valence-electron chi connectivity index (χ4n) is 2.82. The number of nitrogens with zero attached hydrogens (tertiary/aromatic N) is 4. The lowest BCUT2D eigenvalue weighted by Gasteiger charge is -2.07. The molecular formula is C21H20N6O6S. The largest absolute Gasteiger partial charge is 0.465 e. The number of carbonyl (C=O) groups is 3. The third-order valence-electron chi connectivity index (χ3n) is 4.55. The third kappa shape index (κ3) is 6.16. The van der Waals surface area contributed by atoms with Crippen molar-refractivity contribution in [3.63, 3.8) is 0 Å². The number of rotatable bonds is 9. The number of ether oxygens (including phenoxy) is 1. The van der Waals surface area contributed by atoms with Gasteiger partial charge < -0.3 is 19.9 Å². The van der Waals surface area contributed by atoms with Crippen molar-refractivity contribution in [3.05, 3.63) is 75.6 Å². The zero-order valence-electron chi connectivity index (χ0n) is 18.2. The predicted molar refractivity (Wildman–Crippen MR) is 122 cm³/mol. The second-order valence-corrected chi connectivity index (χ2v) is 7.80. The Hall–Kier alpha value is -4.26. The summed E-state index contributed by atoms with van der Waals surface area (Å²) in [7, 11) is 2.97. The summed E-state index contributed by atoms with van der Waals surface area (Å²) in [5.41, 5.74) is 0.744. The van der Waals surface area contributed by atoms with E-state index in [0.717, 1.165) is 11.8 Å². The summed E-state index contributed by atoms with van der Waals surface area (Å²) in [5, 5.41) is 24.7. The van der Waals surface area contributed by atoms with Crippen LogP contribution in [0.5, 0.6) is 0 Å². The molecule has 1 heterocycles. The molecule has 0 fully saturated rings. The number of amides is 2. The van der Waals surface area contributed by atoms with E-state index < -0.39 is 16.8 Å². The minimum Gasteiger partial charge on any atom is -0.465 e. The molecule has 0 aliphatic rings. The van der Waals surface area contributed by atoms with Gasteiger partial charge in [-0.05, 0) is 24.3 Å². The van der Waals surface area contributed by atoms with Crippen molar-refractivity contribution in [3.8, 4) is 0 Å². The van der Waals surface area contributed by atoms with E-state index in [-0.39, 0.29) is 29.5 Å². The monoisotopic (exact) mass is 484 g/mol. The number of methoxy groups -OCH3 is 1. The highest BCUT2D eigenvalue weighted by Crippen LogP contribution is 2.18. The van der Waals surface area contributed by atoms with Gasteiger partial charge in [-0.3, -0.25) is 19.7 Å². The number of carbonyl (C=O) groups excluding carboxylic acids is 3. The van der Waals surface area contributed by atoms with Crippen LogP contribution in [0.2, 0.25) is 0 Å². The number of esters is 1. The molecule has 3 rings (SSSR count). The lowest BCUT2D eigenvalue weighted by Crippen LogP contribution is -2.24. The van der Waals surface area contributed by atoms with E-state index in [1.807, 2.05) is 0 Å². The Kier molecular flexibility index (Phi) is 7.92. The number of hydrogen-bond acceptors (Lipinski definition) is 9. The van der Waals surface area contributed by atoms with Crippen LogP contribution in [0.4, 0.5) is 11.4 Å². The lowest BCUT2D eigenvalue weighted by atomic mass is 10.2. The predicted octanol–water partition coefficient (Wildman–Crippen LogP) is 2.17. The minimum absolute atomic E-state index is 0.0362. The van der Waals surface area contributed by atoms with E-state index in [2.05, 4.69) is 25.6 Å². The first-order valence-corrected chi connectivity index (χ1v) is 10.8. The van der Waals surface area contributed by atoms with E-state index >= 15 is 0 Å². The number of aromatic nitrogens is 3. The molecule has 2 amide bonds. The summed E-state index contributed by atoms with van der Waals surface area (Å²) < 4.78 is 6.29. The number of benzene rings is 2. The lowest BCUT2D eigenvalue weighted by molar-refractivity contribution is -0.384. The van der Waals surface area contributed by atoms with Gasteiger partial charge in [-0.1, -0.05) is 23.9 Å². The molecule has 0 aliphatic heterocycles. The average molecular weight is 484 g/mol.